The quantitative estimate of drug-likeness (QED) is 0.241. The summed E-state index contributed by atoms with van der Waals surface area (Å²) in [7, 11) is 0. The number of ether oxygens (including phenoxy) is 1. The summed E-state index contributed by atoms with van der Waals surface area (Å²) in [4.78, 5) is 33.1. The van der Waals surface area contributed by atoms with E-state index in [-0.39, 0.29) is 16.9 Å². The maximum atomic E-state index is 13.2. The molecule has 1 N–H and O–H groups in total. The highest BCUT2D eigenvalue weighted by molar-refractivity contribution is 7.13. The lowest BCUT2D eigenvalue weighted by Gasteiger charge is -2.25. The van der Waals surface area contributed by atoms with Gasteiger partial charge in [-0.2, -0.15) is 5.10 Å². The van der Waals surface area contributed by atoms with Crippen LogP contribution in [0, 0.1) is 0 Å². The summed E-state index contributed by atoms with van der Waals surface area (Å²) in [6.45, 7) is 6.89. The zero-order valence-corrected chi connectivity index (χ0v) is 22.2. The predicted molar refractivity (Wildman–Crippen MR) is 152 cm³/mol. The average molecular weight is 542 g/mol. The van der Waals surface area contributed by atoms with E-state index in [0.29, 0.717) is 23.1 Å². The molecule has 0 spiro atoms. The summed E-state index contributed by atoms with van der Waals surface area (Å²) < 4.78 is 13.0. The van der Waals surface area contributed by atoms with Crippen LogP contribution in [-0.4, -0.2) is 52.9 Å². The molecule has 1 aliphatic heterocycles. The zero-order chi connectivity index (χ0) is 26.8. The van der Waals surface area contributed by atoms with Crippen molar-refractivity contribution in [3.63, 3.8) is 0 Å². The number of amides is 1. The third-order valence-electron chi connectivity index (χ3n) is 6.83. The molecule has 6 rings (SSSR count). The van der Waals surface area contributed by atoms with Gasteiger partial charge in [-0.15, -0.1) is 11.3 Å². The summed E-state index contributed by atoms with van der Waals surface area (Å²) in [6, 6.07) is 13.1. The Hall–Kier alpha value is -4.12. The number of benzene rings is 2. The number of nitrogens with one attached hydrogen (secondary N) is 1. The van der Waals surface area contributed by atoms with E-state index in [1.54, 1.807) is 35.6 Å². The zero-order valence-electron chi connectivity index (χ0n) is 21.4. The smallest absolute Gasteiger partial charge is 0.273 e. The van der Waals surface area contributed by atoms with Crippen molar-refractivity contribution in [1.29, 1.82) is 0 Å². The fraction of sp³-hybridized carbons (Fsp3) is 0.241. The molecule has 1 fully saturated rings. The van der Waals surface area contributed by atoms with Gasteiger partial charge in [0.15, 0.2) is 0 Å². The Morgan fingerprint density at radius 2 is 2.03 bits per heavy atom. The molecule has 10 heteroatoms. The van der Waals surface area contributed by atoms with Gasteiger partial charge in [0.1, 0.15) is 16.9 Å². The molecule has 5 aromatic rings. The van der Waals surface area contributed by atoms with Crippen LogP contribution in [0.25, 0.3) is 32.4 Å². The molecule has 0 unspecified atom stereocenters. The highest BCUT2D eigenvalue weighted by Gasteiger charge is 2.17. The van der Waals surface area contributed by atoms with Gasteiger partial charge in [-0.25, -0.2) is 10.4 Å². The molecule has 39 heavy (non-hydrogen) atoms. The molecule has 0 radical (unpaired) electrons. The summed E-state index contributed by atoms with van der Waals surface area (Å²) in [6.07, 6.45) is 4.48. The number of hydrazone groups is 1. The van der Waals surface area contributed by atoms with E-state index < -0.39 is 0 Å². The van der Waals surface area contributed by atoms with Gasteiger partial charge in [-0.3, -0.25) is 14.5 Å². The molecular weight excluding hydrogens is 514 g/mol. The molecule has 1 aliphatic rings. The van der Waals surface area contributed by atoms with Gasteiger partial charge in [0.25, 0.3) is 5.91 Å². The van der Waals surface area contributed by atoms with E-state index >= 15 is 0 Å². The molecule has 0 bridgehead atoms. The van der Waals surface area contributed by atoms with E-state index in [9.17, 15) is 9.59 Å². The summed E-state index contributed by atoms with van der Waals surface area (Å²) in [5.41, 5.74) is 6.56. The molecule has 1 saturated heterocycles. The topological polar surface area (TPSA) is 102 Å². The van der Waals surface area contributed by atoms with Gasteiger partial charge in [0, 0.05) is 54.2 Å². The predicted octanol–water partition coefficient (Wildman–Crippen LogP) is 4.49. The molecule has 1 amide bonds. The van der Waals surface area contributed by atoms with Crippen LogP contribution in [0.2, 0.25) is 0 Å². The number of carbonyl (C=O) groups is 1. The highest BCUT2D eigenvalue weighted by Crippen LogP contribution is 2.30. The highest BCUT2D eigenvalue weighted by atomic mass is 32.1. The second kappa shape index (κ2) is 10.9. The van der Waals surface area contributed by atoms with Crippen molar-refractivity contribution in [3.05, 3.63) is 87.3 Å². The first-order valence-electron chi connectivity index (χ1n) is 12.8. The van der Waals surface area contributed by atoms with Gasteiger partial charge in [0.05, 0.1) is 41.6 Å². The molecule has 9 nitrogen and oxygen atoms in total. The van der Waals surface area contributed by atoms with Crippen LogP contribution in [0.15, 0.2) is 74.6 Å². The Bertz CT molecular complexity index is 1750. The summed E-state index contributed by atoms with van der Waals surface area (Å²) in [5.74, 6) is -0.363. The number of fused-ring (bicyclic) bond motifs is 2. The Balaban J connectivity index is 1.24. The first-order chi connectivity index (χ1) is 19.1. The fourth-order valence-corrected chi connectivity index (χ4v) is 5.58. The van der Waals surface area contributed by atoms with Crippen LogP contribution < -0.4 is 10.9 Å². The molecule has 198 valence electrons. The van der Waals surface area contributed by atoms with Crippen molar-refractivity contribution in [2.45, 2.75) is 20.0 Å². The van der Waals surface area contributed by atoms with Crippen LogP contribution in [0.1, 0.15) is 28.5 Å². The minimum absolute atomic E-state index is 0.210. The van der Waals surface area contributed by atoms with Crippen molar-refractivity contribution >= 4 is 45.3 Å². The van der Waals surface area contributed by atoms with E-state index in [0.717, 1.165) is 60.0 Å². The minimum atomic E-state index is -0.363. The standard InChI is InChI=1S/C29H27N5O4S/c1-2-34-16-24(28(36)32-30-14-20-17-38-26-6-4-3-5-22(26)27(20)35)23-13-19(7-8-25(23)34)29-31-21(18-39-29)15-33-9-11-37-12-10-33/h3-8,13-14,16-18H,2,9-12,15H2,1H3,(H,32,36)/b30-14+. The van der Waals surface area contributed by atoms with Crippen LogP contribution in [0.5, 0.6) is 0 Å². The number of thiazole rings is 1. The first kappa shape index (κ1) is 25.2. The second-order valence-corrected chi connectivity index (χ2v) is 10.2. The molecule has 0 saturated carbocycles. The monoisotopic (exact) mass is 541 g/mol. The number of para-hydroxylation sites is 1. The Morgan fingerprint density at radius 3 is 2.87 bits per heavy atom. The SMILES string of the molecule is CCn1cc(C(=O)N/N=C/c2coc3ccccc3c2=O)c2cc(-c3nc(CN4CCOCC4)cs3)ccc21. The van der Waals surface area contributed by atoms with Crippen LogP contribution in [0.3, 0.4) is 0 Å². The number of hydrogen-bond donors (Lipinski definition) is 1. The Labute approximate surface area is 228 Å². The van der Waals surface area contributed by atoms with Crippen LogP contribution in [-0.2, 0) is 17.8 Å². The van der Waals surface area contributed by atoms with E-state index in [2.05, 4.69) is 20.8 Å². The number of hydrogen-bond acceptors (Lipinski definition) is 8. The number of aryl methyl sites for hydroxylation is 1. The largest absolute Gasteiger partial charge is 0.463 e. The van der Waals surface area contributed by atoms with Crippen LogP contribution in [0.4, 0.5) is 0 Å². The van der Waals surface area contributed by atoms with Gasteiger partial charge in [-0.05, 0) is 37.3 Å². The van der Waals surface area contributed by atoms with Crippen molar-refractivity contribution in [3.8, 4) is 10.6 Å². The molecule has 0 atom stereocenters. The van der Waals surface area contributed by atoms with Crippen molar-refractivity contribution in [2.75, 3.05) is 26.3 Å². The molecule has 2 aromatic carbocycles. The number of nitrogens with zero attached hydrogens (tertiary/aromatic N) is 4. The lowest BCUT2D eigenvalue weighted by molar-refractivity contribution is 0.0337. The van der Waals surface area contributed by atoms with E-state index in [1.807, 2.05) is 35.9 Å². The Kier molecular flexibility index (Phi) is 7.06. The normalized spacial score (nSPS) is 14.5. The summed E-state index contributed by atoms with van der Waals surface area (Å²) >= 11 is 1.60. The first-order valence-corrected chi connectivity index (χ1v) is 13.7. The lowest BCUT2D eigenvalue weighted by Crippen LogP contribution is -2.35. The minimum Gasteiger partial charge on any atom is -0.463 e. The van der Waals surface area contributed by atoms with Crippen LogP contribution >= 0.6 is 11.3 Å². The molecular formula is C29H27N5O4S. The van der Waals surface area contributed by atoms with Gasteiger partial charge >= 0.3 is 0 Å². The number of rotatable bonds is 7. The van der Waals surface area contributed by atoms with Crippen molar-refractivity contribution in [1.82, 2.24) is 19.9 Å². The third kappa shape index (κ3) is 5.14. The average Bonchev–Trinajstić information content (AvgIpc) is 3.59. The molecule has 0 aliphatic carbocycles. The number of carbonyl (C=O) groups excluding carboxylic acids is 1. The molecule has 3 aromatic heterocycles. The van der Waals surface area contributed by atoms with Gasteiger partial charge in [0.2, 0.25) is 5.43 Å². The van der Waals surface area contributed by atoms with Crippen molar-refractivity contribution < 1.29 is 13.9 Å². The maximum Gasteiger partial charge on any atom is 0.273 e. The number of aromatic nitrogens is 2. The lowest BCUT2D eigenvalue weighted by atomic mass is 10.1. The molecule has 4 heterocycles. The van der Waals surface area contributed by atoms with Crippen molar-refractivity contribution in [2.24, 2.45) is 5.10 Å². The van der Waals surface area contributed by atoms with E-state index in [1.165, 1.54) is 12.5 Å². The van der Waals surface area contributed by atoms with E-state index in [4.69, 9.17) is 14.1 Å². The number of morpholine rings is 1. The second-order valence-electron chi connectivity index (χ2n) is 9.31. The van der Waals surface area contributed by atoms with Gasteiger partial charge < -0.3 is 13.7 Å². The fourth-order valence-electron chi connectivity index (χ4n) is 4.78. The van der Waals surface area contributed by atoms with Gasteiger partial charge in [-0.1, -0.05) is 12.1 Å². The Morgan fingerprint density at radius 1 is 1.18 bits per heavy atom. The maximum absolute atomic E-state index is 13.2. The third-order valence-corrected chi connectivity index (χ3v) is 7.77. The summed E-state index contributed by atoms with van der Waals surface area (Å²) in [5, 5.41) is 8.33.